The number of rotatable bonds is 8. The highest BCUT2D eigenvalue weighted by Crippen LogP contribution is 2.28. The highest BCUT2D eigenvalue weighted by atomic mass is 35.5. The van der Waals surface area contributed by atoms with Gasteiger partial charge in [-0.05, 0) is 60.6 Å². The summed E-state index contributed by atoms with van der Waals surface area (Å²) in [6.07, 6.45) is 0. The van der Waals surface area contributed by atoms with Crippen LogP contribution in [0.25, 0.3) is 11.1 Å². The van der Waals surface area contributed by atoms with Gasteiger partial charge in [-0.25, -0.2) is 0 Å². The lowest BCUT2D eigenvalue weighted by molar-refractivity contribution is 0.102. The van der Waals surface area contributed by atoms with Gasteiger partial charge in [0.1, 0.15) is 5.75 Å². The van der Waals surface area contributed by atoms with Crippen molar-refractivity contribution in [2.45, 2.75) is 6.54 Å². The maximum absolute atomic E-state index is 12.4. The number of likely N-dealkylation sites (N-methyl/N-ethyl adjacent to an activating group) is 1. The Morgan fingerprint density at radius 3 is 2.47 bits per heavy atom. The minimum absolute atomic E-state index is 0.112. The van der Waals surface area contributed by atoms with Crippen LogP contribution in [0.3, 0.4) is 0 Å². The van der Waals surface area contributed by atoms with Crippen molar-refractivity contribution in [1.82, 2.24) is 4.90 Å². The van der Waals surface area contributed by atoms with E-state index in [4.69, 9.17) is 21.4 Å². The molecule has 0 aliphatic carbocycles. The normalized spacial score (nSPS) is 10.8. The van der Waals surface area contributed by atoms with E-state index in [1.165, 1.54) is 0 Å². The minimum Gasteiger partial charge on any atom is -0.496 e. The van der Waals surface area contributed by atoms with Crippen molar-refractivity contribution in [2.24, 2.45) is 0 Å². The van der Waals surface area contributed by atoms with Crippen LogP contribution in [0.1, 0.15) is 15.9 Å². The van der Waals surface area contributed by atoms with E-state index in [0.29, 0.717) is 29.4 Å². The molecule has 3 aromatic rings. The van der Waals surface area contributed by atoms with Gasteiger partial charge >= 0.3 is 0 Å². The summed E-state index contributed by atoms with van der Waals surface area (Å²) in [4.78, 5) is 14.4. The first kappa shape index (κ1) is 21.8. The van der Waals surface area contributed by atoms with E-state index >= 15 is 0 Å². The zero-order valence-electron chi connectivity index (χ0n) is 17.1. The van der Waals surface area contributed by atoms with E-state index in [1.807, 2.05) is 48.3 Å². The van der Waals surface area contributed by atoms with Crippen LogP contribution >= 0.6 is 11.6 Å². The lowest BCUT2D eigenvalue weighted by atomic mass is 10.0. The average molecular weight is 425 g/mol. The molecule has 0 aromatic heterocycles. The molecule has 6 heteroatoms. The SMILES string of the molecule is COc1ccc(-c2ccc(NC(=O)c3cccc(Cl)c3)cc2)cc1CN(C)CCO. The monoisotopic (exact) mass is 424 g/mol. The molecule has 0 spiro atoms. The number of hydrogen-bond donors (Lipinski definition) is 2. The summed E-state index contributed by atoms with van der Waals surface area (Å²) in [7, 11) is 3.61. The van der Waals surface area contributed by atoms with E-state index in [2.05, 4.69) is 11.4 Å². The Morgan fingerprint density at radius 2 is 1.80 bits per heavy atom. The third-order valence-corrected chi connectivity index (χ3v) is 5.00. The van der Waals surface area contributed by atoms with Crippen molar-refractivity contribution in [3.8, 4) is 16.9 Å². The van der Waals surface area contributed by atoms with Gasteiger partial charge in [0.2, 0.25) is 0 Å². The van der Waals surface area contributed by atoms with Crippen molar-refractivity contribution < 1.29 is 14.6 Å². The number of methoxy groups -OCH3 is 1. The predicted molar refractivity (Wildman–Crippen MR) is 121 cm³/mol. The number of aliphatic hydroxyl groups excluding tert-OH is 1. The summed E-state index contributed by atoms with van der Waals surface area (Å²) < 4.78 is 5.48. The molecule has 3 rings (SSSR count). The molecule has 0 aliphatic rings. The molecule has 0 atom stereocenters. The smallest absolute Gasteiger partial charge is 0.255 e. The average Bonchev–Trinajstić information content (AvgIpc) is 2.74. The first-order valence-electron chi connectivity index (χ1n) is 9.64. The Hall–Kier alpha value is -2.86. The minimum atomic E-state index is -0.205. The summed E-state index contributed by atoms with van der Waals surface area (Å²) in [6.45, 7) is 1.38. The van der Waals surface area contributed by atoms with E-state index in [1.54, 1.807) is 31.4 Å². The van der Waals surface area contributed by atoms with Gasteiger partial charge in [0.25, 0.3) is 5.91 Å². The third kappa shape index (κ3) is 5.60. The van der Waals surface area contributed by atoms with Gasteiger partial charge in [0.05, 0.1) is 13.7 Å². The number of hydrogen-bond acceptors (Lipinski definition) is 4. The molecule has 0 radical (unpaired) electrons. The fourth-order valence-electron chi connectivity index (χ4n) is 3.20. The number of carbonyl (C=O) groups excluding carboxylic acids is 1. The molecular formula is C24H25ClN2O3. The molecule has 2 N–H and O–H groups in total. The summed E-state index contributed by atoms with van der Waals surface area (Å²) in [6, 6.07) is 20.6. The molecule has 1 amide bonds. The van der Waals surface area contributed by atoms with Crippen LogP contribution in [-0.2, 0) is 6.54 Å². The molecule has 0 heterocycles. The van der Waals surface area contributed by atoms with Gasteiger partial charge in [-0.15, -0.1) is 0 Å². The molecule has 0 unspecified atom stereocenters. The number of amides is 1. The molecule has 0 bridgehead atoms. The molecule has 30 heavy (non-hydrogen) atoms. The Morgan fingerprint density at radius 1 is 1.07 bits per heavy atom. The van der Waals surface area contributed by atoms with Crippen LogP contribution in [0.15, 0.2) is 66.7 Å². The van der Waals surface area contributed by atoms with Gasteiger partial charge in [0, 0.05) is 34.9 Å². The first-order valence-corrected chi connectivity index (χ1v) is 10.0. The topological polar surface area (TPSA) is 61.8 Å². The van der Waals surface area contributed by atoms with Crippen LogP contribution in [0.4, 0.5) is 5.69 Å². The maximum Gasteiger partial charge on any atom is 0.255 e. The molecule has 0 saturated carbocycles. The Kier molecular flexibility index (Phi) is 7.46. The zero-order valence-corrected chi connectivity index (χ0v) is 17.8. The van der Waals surface area contributed by atoms with E-state index < -0.39 is 0 Å². The summed E-state index contributed by atoms with van der Waals surface area (Å²) in [5.74, 6) is 0.609. The lowest BCUT2D eigenvalue weighted by Crippen LogP contribution is -2.21. The van der Waals surface area contributed by atoms with Crippen molar-refractivity contribution in [3.63, 3.8) is 0 Å². The molecule has 0 fully saturated rings. The van der Waals surface area contributed by atoms with Crippen molar-refractivity contribution in [1.29, 1.82) is 0 Å². The van der Waals surface area contributed by atoms with Gasteiger partial charge in [-0.1, -0.05) is 35.9 Å². The second-order valence-corrected chi connectivity index (χ2v) is 7.47. The number of nitrogens with one attached hydrogen (secondary N) is 1. The van der Waals surface area contributed by atoms with Crippen molar-refractivity contribution in [2.75, 3.05) is 32.6 Å². The van der Waals surface area contributed by atoms with E-state index in [0.717, 1.165) is 22.4 Å². The van der Waals surface area contributed by atoms with Crippen LogP contribution in [0.5, 0.6) is 5.75 Å². The van der Waals surface area contributed by atoms with Gasteiger partial charge < -0.3 is 15.2 Å². The van der Waals surface area contributed by atoms with Gasteiger partial charge in [-0.2, -0.15) is 0 Å². The van der Waals surface area contributed by atoms with Crippen LogP contribution in [0, 0.1) is 0 Å². The number of halogens is 1. The van der Waals surface area contributed by atoms with Crippen molar-refractivity contribution in [3.05, 3.63) is 82.9 Å². The lowest BCUT2D eigenvalue weighted by Gasteiger charge is -2.18. The molecular weight excluding hydrogens is 400 g/mol. The standard InChI is InChI=1S/C24H25ClN2O3/c1-27(12-13-28)16-20-14-18(8-11-23(20)30-2)17-6-9-22(10-7-17)26-24(29)19-4-3-5-21(25)15-19/h3-11,14-15,28H,12-13,16H2,1-2H3,(H,26,29). The first-order chi connectivity index (χ1) is 14.5. The fraction of sp³-hybridized carbons (Fsp3) is 0.208. The molecule has 3 aromatic carbocycles. The van der Waals surface area contributed by atoms with Gasteiger partial charge in [-0.3, -0.25) is 9.69 Å². The largest absolute Gasteiger partial charge is 0.496 e. The Bertz CT molecular complexity index is 1010. The third-order valence-electron chi connectivity index (χ3n) is 4.77. The van der Waals surface area contributed by atoms with Crippen LogP contribution in [-0.4, -0.2) is 43.2 Å². The summed E-state index contributed by atoms with van der Waals surface area (Å²) in [5, 5.41) is 12.6. The van der Waals surface area contributed by atoms with Gasteiger partial charge in [0.15, 0.2) is 0 Å². The summed E-state index contributed by atoms with van der Waals surface area (Å²) in [5.41, 5.74) is 4.35. The fourth-order valence-corrected chi connectivity index (χ4v) is 3.39. The highest BCUT2D eigenvalue weighted by Gasteiger charge is 2.10. The number of benzene rings is 3. The molecule has 156 valence electrons. The second kappa shape index (κ2) is 10.3. The summed E-state index contributed by atoms with van der Waals surface area (Å²) >= 11 is 5.96. The number of anilines is 1. The molecule has 0 aliphatic heterocycles. The zero-order chi connectivity index (χ0) is 21.5. The number of ether oxygens (including phenoxy) is 1. The quantitative estimate of drug-likeness (QED) is 0.550. The Labute approximate surface area is 181 Å². The van der Waals surface area contributed by atoms with E-state index in [9.17, 15) is 4.79 Å². The molecule has 5 nitrogen and oxygen atoms in total. The predicted octanol–water partition coefficient (Wildman–Crippen LogP) is 4.69. The maximum atomic E-state index is 12.4. The number of nitrogens with zero attached hydrogens (tertiary/aromatic N) is 1. The Balaban J connectivity index is 1.76. The van der Waals surface area contributed by atoms with E-state index in [-0.39, 0.29) is 12.5 Å². The van der Waals surface area contributed by atoms with Crippen LogP contribution in [0.2, 0.25) is 5.02 Å². The second-order valence-electron chi connectivity index (χ2n) is 7.03. The number of aliphatic hydroxyl groups is 1. The number of carbonyl (C=O) groups is 1. The highest BCUT2D eigenvalue weighted by molar-refractivity contribution is 6.31. The van der Waals surface area contributed by atoms with Crippen molar-refractivity contribution >= 4 is 23.2 Å². The molecule has 0 saturated heterocycles. The van der Waals surface area contributed by atoms with Crippen LogP contribution < -0.4 is 10.1 Å².